The Bertz CT molecular complexity index is 1340. The van der Waals surface area contributed by atoms with Crippen LogP contribution in [-0.4, -0.2) is 38.0 Å². The molecule has 8 heteroatoms. The lowest BCUT2D eigenvalue weighted by atomic mass is 10.1. The molecule has 1 fully saturated rings. The molecule has 7 nitrogen and oxygen atoms in total. The lowest BCUT2D eigenvalue weighted by Crippen LogP contribution is -2.36. The Labute approximate surface area is 202 Å². The van der Waals surface area contributed by atoms with Crippen molar-refractivity contribution in [1.29, 1.82) is 0 Å². The fraction of sp³-hybridized carbons (Fsp3) is 0.231. The van der Waals surface area contributed by atoms with E-state index in [4.69, 9.17) is 0 Å². The van der Waals surface area contributed by atoms with Gasteiger partial charge in [0, 0.05) is 23.3 Å². The van der Waals surface area contributed by atoms with Crippen LogP contribution in [0.5, 0.6) is 0 Å². The molecule has 0 spiro atoms. The maximum atomic E-state index is 13.0. The number of para-hydroxylation sites is 1. The minimum Gasteiger partial charge on any atom is -0.324 e. The Hall–Kier alpha value is -3.65. The summed E-state index contributed by atoms with van der Waals surface area (Å²) in [5.74, 6) is -0.0827. The van der Waals surface area contributed by atoms with Crippen LogP contribution in [0.1, 0.15) is 33.6 Å². The number of imide groups is 1. The quantitative estimate of drug-likeness (QED) is 0.521. The number of hydrogen-bond donors (Lipinski definition) is 1. The third kappa shape index (κ3) is 4.54. The third-order valence-corrected chi connectivity index (χ3v) is 6.72. The summed E-state index contributed by atoms with van der Waals surface area (Å²) >= 11 is 0.847. The lowest BCUT2D eigenvalue weighted by molar-refractivity contribution is -0.127. The zero-order chi connectivity index (χ0) is 24.6. The molecule has 1 saturated heterocycles. The van der Waals surface area contributed by atoms with E-state index in [1.54, 1.807) is 12.3 Å². The molecule has 4 rings (SSSR count). The zero-order valence-corrected chi connectivity index (χ0v) is 20.6. The summed E-state index contributed by atoms with van der Waals surface area (Å²) in [6.45, 7) is 9.39. The largest absolute Gasteiger partial charge is 0.324 e. The van der Waals surface area contributed by atoms with Crippen LogP contribution >= 0.6 is 11.8 Å². The minimum atomic E-state index is -0.467. The van der Waals surface area contributed by atoms with Gasteiger partial charge in [-0.05, 0) is 92.9 Å². The molecule has 0 unspecified atom stereocenters. The molecule has 3 amide bonds. The molecule has 1 aromatic carbocycles. The predicted octanol–water partition coefficient (Wildman–Crippen LogP) is 5.09. The van der Waals surface area contributed by atoms with Crippen molar-refractivity contribution in [2.45, 2.75) is 34.6 Å². The zero-order valence-electron chi connectivity index (χ0n) is 19.8. The third-order valence-electron chi connectivity index (χ3n) is 5.81. The number of rotatable bonds is 5. The van der Waals surface area contributed by atoms with Gasteiger partial charge in [0.25, 0.3) is 11.1 Å². The molecule has 3 aromatic rings. The number of amides is 3. The van der Waals surface area contributed by atoms with Crippen molar-refractivity contribution in [2.75, 3.05) is 11.9 Å². The molecule has 0 aliphatic carbocycles. The fourth-order valence-electron chi connectivity index (χ4n) is 4.04. The number of benzene rings is 1. The first-order valence-corrected chi connectivity index (χ1v) is 11.7. The van der Waals surface area contributed by atoms with Crippen molar-refractivity contribution in [2.24, 2.45) is 0 Å². The molecule has 34 heavy (non-hydrogen) atoms. The number of carbonyl (C=O) groups is 3. The molecule has 1 aliphatic rings. The number of thioether (sulfide) groups is 1. The molecule has 174 valence electrons. The Morgan fingerprint density at radius 1 is 1.06 bits per heavy atom. The summed E-state index contributed by atoms with van der Waals surface area (Å²) in [6.07, 6.45) is 3.47. The summed E-state index contributed by atoms with van der Waals surface area (Å²) < 4.78 is 2.01. The van der Waals surface area contributed by atoms with Crippen LogP contribution in [0.4, 0.5) is 10.5 Å². The van der Waals surface area contributed by atoms with Gasteiger partial charge in [0.1, 0.15) is 12.4 Å². The first-order valence-electron chi connectivity index (χ1n) is 10.9. The highest BCUT2D eigenvalue weighted by Crippen LogP contribution is 2.33. The second-order valence-electron chi connectivity index (χ2n) is 8.44. The molecule has 0 saturated carbocycles. The summed E-state index contributed by atoms with van der Waals surface area (Å²) in [6, 6.07) is 11.6. The van der Waals surface area contributed by atoms with E-state index in [2.05, 4.69) is 10.3 Å². The standard InChI is InChI=1S/C26H26N4O3S/c1-15-9-10-27-22(11-15)30-18(4)12-20(19(30)5)13-21-25(32)29(26(33)34-21)14-23(31)28-24-16(2)7-6-8-17(24)3/h6-13H,14H2,1-5H3,(H,28,31)/b21-13+. The van der Waals surface area contributed by atoms with E-state index in [0.717, 1.165) is 56.1 Å². The molecular formula is C26H26N4O3S. The molecule has 2 aromatic heterocycles. The Morgan fingerprint density at radius 3 is 2.44 bits per heavy atom. The van der Waals surface area contributed by atoms with Gasteiger partial charge in [0.15, 0.2) is 0 Å². The van der Waals surface area contributed by atoms with Crippen LogP contribution in [0.25, 0.3) is 11.9 Å². The van der Waals surface area contributed by atoms with E-state index in [1.165, 1.54) is 0 Å². The van der Waals surface area contributed by atoms with E-state index in [1.807, 2.05) is 75.6 Å². The number of carbonyl (C=O) groups excluding carboxylic acids is 3. The van der Waals surface area contributed by atoms with Gasteiger partial charge >= 0.3 is 0 Å². The number of pyridine rings is 1. The second-order valence-corrected chi connectivity index (χ2v) is 9.43. The summed E-state index contributed by atoms with van der Waals surface area (Å²) in [5.41, 5.74) is 6.34. The normalized spacial score (nSPS) is 14.9. The predicted molar refractivity (Wildman–Crippen MR) is 135 cm³/mol. The Kier molecular flexibility index (Phi) is 6.43. The number of aryl methyl sites for hydroxylation is 4. The van der Waals surface area contributed by atoms with Gasteiger partial charge in [-0.15, -0.1) is 0 Å². The highest BCUT2D eigenvalue weighted by Gasteiger charge is 2.36. The van der Waals surface area contributed by atoms with E-state index in [-0.39, 0.29) is 6.54 Å². The van der Waals surface area contributed by atoms with Crippen LogP contribution in [0, 0.1) is 34.6 Å². The first kappa shape index (κ1) is 23.5. The Balaban J connectivity index is 1.54. The van der Waals surface area contributed by atoms with Crippen LogP contribution in [0.2, 0.25) is 0 Å². The summed E-state index contributed by atoms with van der Waals surface area (Å²) in [4.78, 5) is 43.9. The number of nitrogens with zero attached hydrogens (tertiary/aromatic N) is 3. The fourth-order valence-corrected chi connectivity index (χ4v) is 4.87. The van der Waals surface area contributed by atoms with Gasteiger partial charge in [-0.1, -0.05) is 18.2 Å². The maximum Gasteiger partial charge on any atom is 0.294 e. The highest BCUT2D eigenvalue weighted by atomic mass is 32.2. The van der Waals surface area contributed by atoms with Gasteiger partial charge in [0.2, 0.25) is 5.91 Å². The monoisotopic (exact) mass is 474 g/mol. The minimum absolute atomic E-state index is 0.294. The average Bonchev–Trinajstić information content (AvgIpc) is 3.20. The molecule has 0 atom stereocenters. The average molecular weight is 475 g/mol. The lowest BCUT2D eigenvalue weighted by Gasteiger charge is -2.15. The van der Waals surface area contributed by atoms with Crippen molar-refractivity contribution in [1.82, 2.24) is 14.5 Å². The van der Waals surface area contributed by atoms with Gasteiger partial charge in [-0.25, -0.2) is 4.98 Å². The van der Waals surface area contributed by atoms with Gasteiger partial charge in [0.05, 0.1) is 4.91 Å². The van der Waals surface area contributed by atoms with Crippen molar-refractivity contribution in [3.63, 3.8) is 0 Å². The SMILES string of the molecule is Cc1ccnc(-n2c(C)cc(/C=C3/SC(=O)N(CC(=O)Nc4c(C)cccc4C)C3=O)c2C)c1. The summed E-state index contributed by atoms with van der Waals surface area (Å²) in [7, 11) is 0. The van der Waals surface area contributed by atoms with E-state index in [9.17, 15) is 14.4 Å². The van der Waals surface area contributed by atoms with Crippen LogP contribution in [-0.2, 0) is 9.59 Å². The smallest absolute Gasteiger partial charge is 0.294 e. The number of anilines is 1. The van der Waals surface area contributed by atoms with E-state index in [0.29, 0.717) is 10.6 Å². The molecule has 0 radical (unpaired) electrons. The van der Waals surface area contributed by atoms with E-state index >= 15 is 0 Å². The topological polar surface area (TPSA) is 84.3 Å². The maximum absolute atomic E-state index is 13.0. The molecule has 1 aliphatic heterocycles. The van der Waals surface area contributed by atoms with Crippen LogP contribution < -0.4 is 5.32 Å². The van der Waals surface area contributed by atoms with Gasteiger partial charge < -0.3 is 9.88 Å². The number of hydrogen-bond acceptors (Lipinski definition) is 5. The summed E-state index contributed by atoms with van der Waals surface area (Å²) in [5, 5.41) is 2.37. The van der Waals surface area contributed by atoms with E-state index < -0.39 is 17.1 Å². The van der Waals surface area contributed by atoms with Crippen molar-refractivity contribution >= 4 is 40.6 Å². The first-order chi connectivity index (χ1) is 16.2. The molecule has 3 heterocycles. The van der Waals surface area contributed by atoms with Crippen LogP contribution in [0.3, 0.4) is 0 Å². The number of aromatic nitrogens is 2. The molecule has 0 bridgehead atoms. The van der Waals surface area contributed by atoms with Crippen molar-refractivity contribution in [3.05, 3.63) is 81.1 Å². The van der Waals surface area contributed by atoms with Crippen LogP contribution in [0.15, 0.2) is 47.5 Å². The molecule has 1 N–H and O–H groups in total. The molecular weight excluding hydrogens is 448 g/mol. The second kappa shape index (κ2) is 9.30. The highest BCUT2D eigenvalue weighted by molar-refractivity contribution is 8.18. The van der Waals surface area contributed by atoms with Crippen molar-refractivity contribution < 1.29 is 14.4 Å². The van der Waals surface area contributed by atoms with Gasteiger partial charge in [-0.2, -0.15) is 0 Å². The number of nitrogens with one attached hydrogen (secondary N) is 1. The Morgan fingerprint density at radius 2 is 1.76 bits per heavy atom. The van der Waals surface area contributed by atoms with Crippen molar-refractivity contribution in [3.8, 4) is 5.82 Å². The van der Waals surface area contributed by atoms with Gasteiger partial charge in [-0.3, -0.25) is 19.3 Å².